The van der Waals surface area contributed by atoms with Gasteiger partial charge in [0.2, 0.25) is 5.91 Å². The number of amides is 1. The third kappa shape index (κ3) is 4.91. The molecular weight excluding hydrogens is 350 g/mol. The number of ether oxygens (including phenoxy) is 1. The number of nitrogens with zero attached hydrogens (tertiary/aromatic N) is 2. The van der Waals surface area contributed by atoms with E-state index in [1.54, 1.807) is 12.1 Å². The SMILES string of the molecule is COc1cccc(C2=NN(C(=O)CCCCNc3ccccc3)C(C)(C)C2)c1. The zero-order valence-electron chi connectivity index (χ0n) is 16.9. The Morgan fingerprint density at radius 3 is 2.68 bits per heavy atom. The van der Waals surface area contributed by atoms with Gasteiger partial charge in [0.1, 0.15) is 5.75 Å². The second kappa shape index (κ2) is 8.91. The lowest BCUT2D eigenvalue weighted by Crippen LogP contribution is -2.40. The van der Waals surface area contributed by atoms with Crippen molar-refractivity contribution in [2.75, 3.05) is 19.0 Å². The smallest absolute Gasteiger partial charge is 0.243 e. The zero-order chi connectivity index (χ0) is 20.0. The van der Waals surface area contributed by atoms with Gasteiger partial charge in [0.15, 0.2) is 0 Å². The highest BCUT2D eigenvalue weighted by Gasteiger charge is 2.38. The number of para-hydroxylation sites is 1. The minimum Gasteiger partial charge on any atom is -0.497 e. The summed E-state index contributed by atoms with van der Waals surface area (Å²) < 4.78 is 5.31. The molecule has 0 spiro atoms. The molecule has 0 saturated heterocycles. The van der Waals surface area contributed by atoms with E-state index >= 15 is 0 Å². The summed E-state index contributed by atoms with van der Waals surface area (Å²) in [6, 6.07) is 18.0. The molecule has 0 saturated carbocycles. The Morgan fingerprint density at radius 2 is 1.93 bits per heavy atom. The van der Waals surface area contributed by atoms with Crippen LogP contribution >= 0.6 is 0 Å². The first-order valence-electron chi connectivity index (χ1n) is 9.83. The van der Waals surface area contributed by atoms with Gasteiger partial charge in [-0.15, -0.1) is 0 Å². The molecule has 148 valence electrons. The number of benzene rings is 2. The summed E-state index contributed by atoms with van der Waals surface area (Å²) in [5.74, 6) is 0.885. The predicted octanol–water partition coefficient (Wildman–Crippen LogP) is 4.69. The maximum absolute atomic E-state index is 12.8. The van der Waals surface area contributed by atoms with Crippen molar-refractivity contribution in [1.29, 1.82) is 0 Å². The first kappa shape index (κ1) is 19.9. The van der Waals surface area contributed by atoms with Crippen molar-refractivity contribution >= 4 is 17.3 Å². The molecule has 5 nitrogen and oxygen atoms in total. The summed E-state index contributed by atoms with van der Waals surface area (Å²) in [7, 11) is 1.65. The van der Waals surface area contributed by atoms with Crippen LogP contribution in [0, 0.1) is 0 Å². The van der Waals surface area contributed by atoms with E-state index in [1.807, 2.05) is 54.6 Å². The molecule has 3 rings (SSSR count). The summed E-state index contributed by atoms with van der Waals surface area (Å²) in [6.45, 7) is 5.00. The van der Waals surface area contributed by atoms with Crippen LogP contribution in [-0.4, -0.2) is 35.8 Å². The number of nitrogens with one attached hydrogen (secondary N) is 1. The van der Waals surface area contributed by atoms with Gasteiger partial charge >= 0.3 is 0 Å². The summed E-state index contributed by atoms with van der Waals surface area (Å²) in [4.78, 5) is 12.8. The van der Waals surface area contributed by atoms with Crippen LogP contribution in [0.4, 0.5) is 5.69 Å². The Bertz CT molecular complexity index is 831. The Balaban J connectivity index is 1.53. The molecule has 28 heavy (non-hydrogen) atoms. The molecule has 1 amide bonds. The number of rotatable bonds is 8. The fourth-order valence-electron chi connectivity index (χ4n) is 3.43. The highest BCUT2D eigenvalue weighted by atomic mass is 16.5. The summed E-state index contributed by atoms with van der Waals surface area (Å²) >= 11 is 0. The Labute approximate surface area is 167 Å². The van der Waals surface area contributed by atoms with Crippen LogP contribution in [0.1, 0.15) is 45.1 Å². The predicted molar refractivity (Wildman–Crippen MR) is 114 cm³/mol. The van der Waals surface area contributed by atoms with Gasteiger partial charge in [-0.25, -0.2) is 5.01 Å². The largest absolute Gasteiger partial charge is 0.497 e. The van der Waals surface area contributed by atoms with Crippen molar-refractivity contribution in [2.45, 2.75) is 45.1 Å². The normalized spacial score (nSPS) is 15.2. The molecule has 0 aliphatic carbocycles. The monoisotopic (exact) mass is 379 g/mol. The molecule has 5 heteroatoms. The van der Waals surface area contributed by atoms with Gasteiger partial charge in [0, 0.05) is 30.6 Å². The van der Waals surface area contributed by atoms with Crippen molar-refractivity contribution in [2.24, 2.45) is 5.10 Å². The number of unbranched alkanes of at least 4 members (excludes halogenated alkanes) is 1. The van der Waals surface area contributed by atoms with Crippen molar-refractivity contribution in [1.82, 2.24) is 5.01 Å². The maximum atomic E-state index is 12.8. The van der Waals surface area contributed by atoms with E-state index < -0.39 is 0 Å². The number of carbonyl (C=O) groups is 1. The van der Waals surface area contributed by atoms with Crippen molar-refractivity contribution < 1.29 is 9.53 Å². The zero-order valence-corrected chi connectivity index (χ0v) is 16.9. The standard InChI is InChI=1S/C23H29N3O2/c1-23(2)17-21(18-10-9-13-20(16-18)28-3)25-26(23)22(27)14-7-8-15-24-19-11-5-4-6-12-19/h4-6,9-13,16,24H,7-8,14-15,17H2,1-3H3. The van der Waals surface area contributed by atoms with E-state index in [4.69, 9.17) is 4.74 Å². The van der Waals surface area contributed by atoms with Crippen LogP contribution in [0.25, 0.3) is 0 Å². The van der Waals surface area contributed by atoms with Crippen LogP contribution in [-0.2, 0) is 4.79 Å². The lowest BCUT2D eigenvalue weighted by atomic mass is 9.94. The number of anilines is 1. The molecule has 0 radical (unpaired) electrons. The van der Waals surface area contributed by atoms with Crippen LogP contribution in [0.3, 0.4) is 0 Å². The van der Waals surface area contributed by atoms with Gasteiger partial charge in [-0.2, -0.15) is 5.10 Å². The second-order valence-electron chi connectivity index (χ2n) is 7.72. The number of carbonyl (C=O) groups excluding carboxylic acids is 1. The quantitative estimate of drug-likeness (QED) is 0.677. The molecule has 1 aliphatic heterocycles. The molecule has 2 aromatic rings. The van der Waals surface area contributed by atoms with Gasteiger partial charge in [-0.05, 0) is 51.0 Å². The topological polar surface area (TPSA) is 53.9 Å². The van der Waals surface area contributed by atoms with Crippen molar-refractivity contribution in [3.8, 4) is 5.75 Å². The molecule has 1 aliphatic rings. The number of methoxy groups -OCH3 is 1. The third-order valence-corrected chi connectivity index (χ3v) is 4.95. The molecule has 0 fully saturated rings. The van der Waals surface area contributed by atoms with Crippen LogP contribution in [0.5, 0.6) is 5.75 Å². The van der Waals surface area contributed by atoms with E-state index in [-0.39, 0.29) is 11.4 Å². The Hall–Kier alpha value is -2.82. The van der Waals surface area contributed by atoms with Gasteiger partial charge in [0.25, 0.3) is 0 Å². The number of hydrogen-bond acceptors (Lipinski definition) is 4. The molecule has 0 aromatic heterocycles. The first-order chi connectivity index (χ1) is 13.5. The van der Waals surface area contributed by atoms with Crippen molar-refractivity contribution in [3.63, 3.8) is 0 Å². The lowest BCUT2D eigenvalue weighted by molar-refractivity contribution is -0.135. The summed E-state index contributed by atoms with van der Waals surface area (Å²) in [5, 5.41) is 9.71. The van der Waals surface area contributed by atoms with Gasteiger partial charge in [-0.1, -0.05) is 30.3 Å². The summed E-state index contributed by atoms with van der Waals surface area (Å²) in [5.41, 5.74) is 2.75. The molecule has 1 N–H and O–H groups in total. The average Bonchev–Trinajstić information content (AvgIpc) is 3.04. The van der Waals surface area contributed by atoms with Crippen LogP contribution in [0.2, 0.25) is 0 Å². The maximum Gasteiger partial charge on any atom is 0.243 e. The molecule has 0 bridgehead atoms. The molecule has 2 aromatic carbocycles. The summed E-state index contributed by atoms with van der Waals surface area (Å²) in [6.07, 6.45) is 3.03. The highest BCUT2D eigenvalue weighted by Crippen LogP contribution is 2.31. The first-order valence-corrected chi connectivity index (χ1v) is 9.83. The third-order valence-electron chi connectivity index (χ3n) is 4.95. The Morgan fingerprint density at radius 1 is 1.14 bits per heavy atom. The van der Waals surface area contributed by atoms with E-state index in [0.29, 0.717) is 6.42 Å². The van der Waals surface area contributed by atoms with Crippen LogP contribution in [0.15, 0.2) is 59.7 Å². The Kier molecular flexibility index (Phi) is 6.34. The van der Waals surface area contributed by atoms with Crippen LogP contribution < -0.4 is 10.1 Å². The highest BCUT2D eigenvalue weighted by molar-refractivity contribution is 6.03. The van der Waals surface area contributed by atoms with Gasteiger partial charge in [0.05, 0.1) is 18.4 Å². The van der Waals surface area contributed by atoms with E-state index in [0.717, 1.165) is 48.5 Å². The number of hydrogen-bond donors (Lipinski definition) is 1. The molecule has 0 unspecified atom stereocenters. The van der Waals surface area contributed by atoms with Crippen molar-refractivity contribution in [3.05, 3.63) is 60.2 Å². The molecular formula is C23H29N3O2. The average molecular weight is 380 g/mol. The fourth-order valence-corrected chi connectivity index (χ4v) is 3.43. The fraction of sp³-hybridized carbons (Fsp3) is 0.391. The lowest BCUT2D eigenvalue weighted by Gasteiger charge is -2.28. The molecule has 1 heterocycles. The van der Waals surface area contributed by atoms with E-state index in [1.165, 1.54) is 0 Å². The second-order valence-corrected chi connectivity index (χ2v) is 7.72. The minimum atomic E-state index is -0.308. The van der Waals surface area contributed by atoms with E-state index in [2.05, 4.69) is 24.3 Å². The van der Waals surface area contributed by atoms with Gasteiger partial charge < -0.3 is 10.1 Å². The minimum absolute atomic E-state index is 0.0857. The van der Waals surface area contributed by atoms with Gasteiger partial charge in [-0.3, -0.25) is 4.79 Å². The molecule has 0 atom stereocenters. The number of hydrazone groups is 1. The van der Waals surface area contributed by atoms with E-state index in [9.17, 15) is 4.79 Å².